The second-order valence-electron chi connectivity index (χ2n) is 9.22. The minimum absolute atomic E-state index is 0.0275. The van der Waals surface area contributed by atoms with E-state index in [0.29, 0.717) is 16.4 Å². The maximum absolute atomic E-state index is 8.75. The fourth-order valence-corrected chi connectivity index (χ4v) is 5.66. The first-order valence-electron chi connectivity index (χ1n) is 15.2. The van der Waals surface area contributed by atoms with Gasteiger partial charge in [0.05, 0.1) is 8.22 Å². The van der Waals surface area contributed by atoms with Crippen molar-refractivity contribution >= 4 is 54.3 Å². The van der Waals surface area contributed by atoms with Gasteiger partial charge < -0.3 is 4.42 Å². The molecule has 0 aliphatic carbocycles. The van der Waals surface area contributed by atoms with E-state index in [4.69, 9.17) is 12.6 Å². The summed E-state index contributed by atoms with van der Waals surface area (Å²) in [6.07, 6.45) is 0. The second kappa shape index (κ2) is 7.81. The molecule has 8 rings (SSSR count). The van der Waals surface area contributed by atoms with Crippen LogP contribution in [0.5, 0.6) is 0 Å². The molecule has 0 saturated carbocycles. The summed E-state index contributed by atoms with van der Waals surface area (Å²) in [6, 6.07) is 31.1. The highest BCUT2D eigenvalue weighted by Gasteiger charge is 2.18. The van der Waals surface area contributed by atoms with Crippen LogP contribution in [-0.2, 0) is 0 Å². The van der Waals surface area contributed by atoms with Gasteiger partial charge in [0, 0.05) is 10.8 Å². The van der Waals surface area contributed by atoms with Crippen LogP contribution in [0.15, 0.2) is 138 Å². The van der Waals surface area contributed by atoms with Crippen LogP contribution in [0, 0.1) is 0 Å². The Morgan fingerprint density at radius 2 is 1.08 bits per heavy atom. The van der Waals surface area contributed by atoms with Gasteiger partial charge in [-0.25, -0.2) is 0 Å². The van der Waals surface area contributed by atoms with E-state index in [1.165, 1.54) is 0 Å². The van der Waals surface area contributed by atoms with Gasteiger partial charge in [0.25, 0.3) is 0 Å². The number of fused-ring (bicyclic) bond motifs is 7. The Labute approximate surface area is 222 Å². The summed E-state index contributed by atoms with van der Waals surface area (Å²) in [6.45, 7) is 0. The molecule has 7 aromatic carbocycles. The van der Waals surface area contributed by atoms with Crippen molar-refractivity contribution in [3.05, 3.63) is 133 Å². The molecule has 0 saturated heterocycles. The lowest BCUT2D eigenvalue weighted by Gasteiger charge is -2.17. The highest BCUT2D eigenvalue weighted by Crippen LogP contribution is 2.45. The third-order valence-electron chi connectivity index (χ3n) is 7.21. The molecule has 0 aliphatic rings. The van der Waals surface area contributed by atoms with Gasteiger partial charge in [0.2, 0.25) is 0 Å². The van der Waals surface area contributed by atoms with Crippen LogP contribution in [0.3, 0.4) is 0 Å². The van der Waals surface area contributed by atoms with Crippen molar-refractivity contribution in [3.8, 4) is 22.3 Å². The SMILES string of the molecule is [2H]c1c([2H])c([2H])c2c(c1[2H])c([2H])c([2H])c1oc3ccc(-c4c5ccccc5c(-c5ccccc5)c5ccccc45)cc3c12. The third kappa shape index (κ3) is 2.98. The van der Waals surface area contributed by atoms with Crippen LogP contribution in [0.25, 0.3) is 76.5 Å². The summed E-state index contributed by atoms with van der Waals surface area (Å²) in [4.78, 5) is 0. The van der Waals surface area contributed by atoms with Crippen LogP contribution in [0.4, 0.5) is 0 Å². The summed E-state index contributed by atoms with van der Waals surface area (Å²) >= 11 is 0. The average Bonchev–Trinajstić information content (AvgIpc) is 3.42. The third-order valence-corrected chi connectivity index (χ3v) is 7.21. The maximum atomic E-state index is 8.75. The summed E-state index contributed by atoms with van der Waals surface area (Å²) in [5.74, 6) is 0. The van der Waals surface area contributed by atoms with Crippen LogP contribution in [-0.4, -0.2) is 0 Å². The Kier molecular flexibility index (Phi) is 3.23. The van der Waals surface area contributed by atoms with Gasteiger partial charge in [0.1, 0.15) is 11.2 Å². The lowest BCUT2D eigenvalue weighted by Crippen LogP contribution is -1.90. The summed E-state index contributed by atoms with van der Waals surface area (Å²) in [5.41, 5.74) is 4.88. The molecule has 0 aliphatic heterocycles. The van der Waals surface area contributed by atoms with Crippen molar-refractivity contribution in [3.63, 3.8) is 0 Å². The first-order valence-corrected chi connectivity index (χ1v) is 12.2. The molecule has 1 heterocycles. The zero-order valence-corrected chi connectivity index (χ0v) is 19.6. The zero-order valence-electron chi connectivity index (χ0n) is 25.6. The fraction of sp³-hybridized carbons (Fsp3) is 0. The Bertz CT molecular complexity index is 2410. The monoisotopic (exact) mass is 476 g/mol. The highest BCUT2D eigenvalue weighted by atomic mass is 16.3. The fourth-order valence-electron chi connectivity index (χ4n) is 5.66. The Hall–Kier alpha value is -4.88. The molecule has 0 atom stereocenters. The summed E-state index contributed by atoms with van der Waals surface area (Å²) in [5, 5.41) is 5.68. The van der Waals surface area contributed by atoms with Crippen LogP contribution in [0.2, 0.25) is 0 Å². The Balaban J connectivity index is 1.54. The van der Waals surface area contributed by atoms with Crippen molar-refractivity contribution in [2.75, 3.05) is 0 Å². The molecule has 1 heteroatoms. The van der Waals surface area contributed by atoms with Gasteiger partial charge in [-0.15, -0.1) is 0 Å². The normalized spacial score (nSPS) is 14.1. The quantitative estimate of drug-likeness (QED) is 0.226. The van der Waals surface area contributed by atoms with E-state index in [2.05, 4.69) is 36.4 Å². The van der Waals surface area contributed by atoms with E-state index >= 15 is 0 Å². The number of furan rings is 1. The first-order chi connectivity index (χ1) is 20.9. The second-order valence-corrected chi connectivity index (χ2v) is 9.22. The minimum Gasteiger partial charge on any atom is -0.456 e. The van der Waals surface area contributed by atoms with Gasteiger partial charge in [0.15, 0.2) is 0 Å². The summed E-state index contributed by atoms with van der Waals surface area (Å²) in [7, 11) is 0. The van der Waals surface area contributed by atoms with E-state index < -0.39 is 6.04 Å². The number of hydrogen-bond acceptors (Lipinski definition) is 1. The predicted octanol–water partition coefficient (Wildman–Crippen LogP) is 10.4. The topological polar surface area (TPSA) is 13.1 Å². The van der Waals surface area contributed by atoms with Crippen molar-refractivity contribution < 1.29 is 12.6 Å². The molecule has 0 bridgehead atoms. The number of hydrogen-bond donors (Lipinski definition) is 0. The number of benzene rings is 7. The molecule has 0 radical (unpaired) electrons. The molecule has 0 unspecified atom stereocenters. The smallest absolute Gasteiger partial charge is 0.136 e. The maximum Gasteiger partial charge on any atom is 0.136 e. The predicted molar refractivity (Wildman–Crippen MR) is 157 cm³/mol. The van der Waals surface area contributed by atoms with E-state index in [-0.39, 0.29) is 46.6 Å². The van der Waals surface area contributed by atoms with Crippen LogP contribution in [0.1, 0.15) is 8.22 Å². The van der Waals surface area contributed by atoms with E-state index in [1.54, 1.807) is 0 Å². The molecule has 0 spiro atoms. The largest absolute Gasteiger partial charge is 0.456 e. The molecular weight excluding hydrogens is 448 g/mol. The van der Waals surface area contributed by atoms with Crippen molar-refractivity contribution in [1.82, 2.24) is 0 Å². The van der Waals surface area contributed by atoms with Crippen molar-refractivity contribution in [1.29, 1.82) is 0 Å². The van der Waals surface area contributed by atoms with E-state index in [1.807, 2.05) is 60.7 Å². The standard InChI is InChI=1S/C36H22O/c1-2-11-24(12-3-1)34-27-14-6-8-16-29(27)35(30-17-9-7-15-28(30)34)25-19-20-32-31(22-25)36-26-13-5-4-10-23(26)18-21-33(36)37-32/h1-22H/i4D,5D,10D,13D,18D,21D. The van der Waals surface area contributed by atoms with Crippen LogP contribution >= 0.6 is 0 Å². The Morgan fingerprint density at radius 3 is 1.78 bits per heavy atom. The van der Waals surface area contributed by atoms with Gasteiger partial charge in [-0.2, -0.15) is 0 Å². The molecule has 172 valence electrons. The van der Waals surface area contributed by atoms with Gasteiger partial charge in [-0.05, 0) is 72.7 Å². The lowest BCUT2D eigenvalue weighted by molar-refractivity contribution is 0.669. The van der Waals surface area contributed by atoms with Crippen LogP contribution < -0.4 is 0 Å². The average molecular weight is 477 g/mol. The Morgan fingerprint density at radius 1 is 0.459 bits per heavy atom. The lowest BCUT2D eigenvalue weighted by atomic mass is 9.86. The van der Waals surface area contributed by atoms with Crippen molar-refractivity contribution in [2.24, 2.45) is 0 Å². The minimum atomic E-state index is -0.422. The first kappa shape index (κ1) is 15.3. The van der Waals surface area contributed by atoms with Gasteiger partial charge in [-0.1, -0.05) is 115 Å². The zero-order chi connectivity index (χ0) is 29.6. The van der Waals surface area contributed by atoms with Gasteiger partial charge in [-0.3, -0.25) is 0 Å². The van der Waals surface area contributed by atoms with Gasteiger partial charge >= 0.3 is 0 Å². The molecular formula is C36H22O. The molecule has 0 N–H and O–H groups in total. The highest BCUT2D eigenvalue weighted by molar-refractivity contribution is 6.23. The van der Waals surface area contributed by atoms with E-state index in [9.17, 15) is 0 Å². The molecule has 0 fully saturated rings. The van der Waals surface area contributed by atoms with Crippen molar-refractivity contribution in [2.45, 2.75) is 0 Å². The molecule has 37 heavy (non-hydrogen) atoms. The molecule has 0 amide bonds. The molecule has 8 aromatic rings. The molecule has 1 nitrogen and oxygen atoms in total. The van der Waals surface area contributed by atoms with E-state index in [0.717, 1.165) is 43.8 Å². The number of rotatable bonds is 2. The summed E-state index contributed by atoms with van der Waals surface area (Å²) < 4.78 is 57.2. The molecule has 1 aromatic heterocycles.